The smallest absolute Gasteiger partial charge is 0.0924 e. The molecule has 0 radical (unpaired) electrons. The van der Waals surface area contributed by atoms with Gasteiger partial charge in [-0.1, -0.05) is 12.1 Å². The number of benzene rings is 1. The summed E-state index contributed by atoms with van der Waals surface area (Å²) in [6, 6.07) is 8.47. The summed E-state index contributed by atoms with van der Waals surface area (Å²) in [6.45, 7) is 1.11. The van der Waals surface area contributed by atoms with Crippen LogP contribution in [-0.2, 0) is 0 Å². The van der Waals surface area contributed by atoms with Crippen LogP contribution in [0, 0.1) is 5.92 Å². The number of aromatic nitrogens is 2. The van der Waals surface area contributed by atoms with Gasteiger partial charge in [0.25, 0.3) is 0 Å². The zero-order valence-corrected chi connectivity index (χ0v) is 9.11. The number of rotatable bonds is 4. The number of nitrogens with zero attached hydrogens (tertiary/aromatic N) is 1. The molecule has 2 aromatic rings. The van der Waals surface area contributed by atoms with Crippen LogP contribution in [0.3, 0.4) is 0 Å². The van der Waals surface area contributed by atoms with Crippen molar-refractivity contribution in [1.82, 2.24) is 9.97 Å². The highest BCUT2D eigenvalue weighted by atomic mass is 14.9. The highest BCUT2D eigenvalue weighted by Gasteiger charge is 2.20. The Kier molecular flexibility index (Phi) is 2.37. The summed E-state index contributed by atoms with van der Waals surface area (Å²) in [5.74, 6) is 0.910. The van der Waals surface area contributed by atoms with Gasteiger partial charge in [-0.3, -0.25) is 0 Å². The zero-order chi connectivity index (χ0) is 10.8. The molecule has 1 saturated carbocycles. The normalized spacial score (nSPS) is 15.0. The second-order valence-electron chi connectivity index (χ2n) is 4.37. The van der Waals surface area contributed by atoms with Crippen molar-refractivity contribution in [2.75, 3.05) is 11.9 Å². The van der Waals surface area contributed by atoms with Gasteiger partial charge >= 0.3 is 0 Å². The molecule has 3 heteroatoms. The van der Waals surface area contributed by atoms with Crippen LogP contribution >= 0.6 is 0 Å². The summed E-state index contributed by atoms with van der Waals surface area (Å²) in [5, 5.41) is 3.45. The molecule has 0 aliphatic heterocycles. The SMILES string of the molecule is c1ncc(-c2ccc(NCC3CC3)cc2)[nH]1. The first kappa shape index (κ1) is 9.46. The predicted molar refractivity (Wildman–Crippen MR) is 65.2 cm³/mol. The molecule has 0 spiro atoms. The van der Waals surface area contributed by atoms with E-state index in [9.17, 15) is 0 Å². The van der Waals surface area contributed by atoms with Crippen molar-refractivity contribution < 1.29 is 0 Å². The molecule has 1 aromatic heterocycles. The lowest BCUT2D eigenvalue weighted by molar-refractivity contribution is 0.889. The van der Waals surface area contributed by atoms with E-state index in [1.165, 1.54) is 24.1 Å². The molecular formula is C13H15N3. The number of H-pyrrole nitrogens is 1. The zero-order valence-electron chi connectivity index (χ0n) is 9.11. The molecule has 2 N–H and O–H groups in total. The fraction of sp³-hybridized carbons (Fsp3) is 0.308. The Labute approximate surface area is 94.9 Å². The Morgan fingerprint density at radius 2 is 2.06 bits per heavy atom. The summed E-state index contributed by atoms with van der Waals surface area (Å²) in [6.07, 6.45) is 6.32. The Morgan fingerprint density at radius 1 is 1.25 bits per heavy atom. The van der Waals surface area contributed by atoms with Gasteiger partial charge in [0.05, 0.1) is 18.2 Å². The van der Waals surface area contributed by atoms with Gasteiger partial charge in [-0.05, 0) is 36.5 Å². The lowest BCUT2D eigenvalue weighted by Gasteiger charge is -2.05. The van der Waals surface area contributed by atoms with Crippen LogP contribution in [0.1, 0.15) is 12.8 Å². The van der Waals surface area contributed by atoms with Gasteiger partial charge in [0.2, 0.25) is 0 Å². The summed E-state index contributed by atoms with van der Waals surface area (Å²) in [4.78, 5) is 7.12. The van der Waals surface area contributed by atoms with Crippen LogP contribution in [0.25, 0.3) is 11.3 Å². The van der Waals surface area contributed by atoms with Gasteiger partial charge in [0.1, 0.15) is 0 Å². The van der Waals surface area contributed by atoms with Crippen LogP contribution in [0.4, 0.5) is 5.69 Å². The minimum atomic E-state index is 0.910. The standard InChI is InChI=1S/C13H15N3/c1-2-10(1)7-15-12-5-3-11(4-6-12)13-8-14-9-16-13/h3-6,8-10,15H,1-2,7H2,(H,14,16). The molecular weight excluding hydrogens is 198 g/mol. The van der Waals surface area contributed by atoms with E-state index < -0.39 is 0 Å². The minimum Gasteiger partial charge on any atom is -0.385 e. The van der Waals surface area contributed by atoms with Gasteiger partial charge in [0, 0.05) is 12.2 Å². The number of hydrogen-bond donors (Lipinski definition) is 2. The van der Waals surface area contributed by atoms with Crippen LogP contribution in [0.5, 0.6) is 0 Å². The lowest BCUT2D eigenvalue weighted by atomic mass is 10.1. The number of hydrogen-bond acceptors (Lipinski definition) is 2. The van der Waals surface area contributed by atoms with E-state index >= 15 is 0 Å². The van der Waals surface area contributed by atoms with Crippen molar-refractivity contribution in [3.05, 3.63) is 36.8 Å². The third kappa shape index (κ3) is 2.08. The van der Waals surface area contributed by atoms with Crippen molar-refractivity contribution in [1.29, 1.82) is 0 Å². The molecule has 82 valence electrons. The summed E-state index contributed by atoms with van der Waals surface area (Å²) in [7, 11) is 0. The average molecular weight is 213 g/mol. The van der Waals surface area contributed by atoms with Crippen LogP contribution in [0.15, 0.2) is 36.8 Å². The van der Waals surface area contributed by atoms with E-state index in [1.807, 2.05) is 6.20 Å². The van der Waals surface area contributed by atoms with Crippen LogP contribution < -0.4 is 5.32 Å². The molecule has 1 fully saturated rings. The number of imidazole rings is 1. The first-order chi connectivity index (χ1) is 7.92. The van der Waals surface area contributed by atoms with Gasteiger partial charge in [0.15, 0.2) is 0 Å². The molecule has 1 aromatic carbocycles. The maximum absolute atomic E-state index is 4.02. The molecule has 0 atom stereocenters. The average Bonchev–Trinajstić information content (AvgIpc) is 3.00. The highest BCUT2D eigenvalue weighted by molar-refractivity contribution is 5.61. The largest absolute Gasteiger partial charge is 0.385 e. The van der Waals surface area contributed by atoms with Crippen molar-refractivity contribution in [2.45, 2.75) is 12.8 Å². The van der Waals surface area contributed by atoms with Crippen molar-refractivity contribution in [2.24, 2.45) is 5.92 Å². The Bertz CT molecular complexity index is 441. The summed E-state index contributed by atoms with van der Waals surface area (Å²) in [5.41, 5.74) is 3.44. The van der Waals surface area contributed by atoms with Crippen LogP contribution in [-0.4, -0.2) is 16.5 Å². The van der Waals surface area contributed by atoms with Crippen LogP contribution in [0.2, 0.25) is 0 Å². The van der Waals surface area contributed by atoms with Gasteiger partial charge < -0.3 is 10.3 Å². The van der Waals surface area contributed by atoms with Crippen molar-refractivity contribution in [3.8, 4) is 11.3 Å². The summed E-state index contributed by atoms with van der Waals surface area (Å²) < 4.78 is 0. The molecule has 0 unspecified atom stereocenters. The predicted octanol–water partition coefficient (Wildman–Crippen LogP) is 2.90. The number of nitrogens with one attached hydrogen (secondary N) is 2. The van der Waals surface area contributed by atoms with E-state index in [2.05, 4.69) is 39.6 Å². The Balaban J connectivity index is 1.69. The maximum Gasteiger partial charge on any atom is 0.0924 e. The second kappa shape index (κ2) is 4.00. The monoisotopic (exact) mass is 213 g/mol. The number of anilines is 1. The molecule has 0 bridgehead atoms. The van der Waals surface area contributed by atoms with Gasteiger partial charge in [-0.25, -0.2) is 4.98 Å². The van der Waals surface area contributed by atoms with E-state index in [1.54, 1.807) is 6.33 Å². The molecule has 1 heterocycles. The lowest BCUT2D eigenvalue weighted by Crippen LogP contribution is -2.02. The highest BCUT2D eigenvalue weighted by Crippen LogP contribution is 2.29. The molecule has 1 aliphatic carbocycles. The molecule has 1 aliphatic rings. The van der Waals surface area contributed by atoms with Gasteiger partial charge in [-0.2, -0.15) is 0 Å². The molecule has 16 heavy (non-hydrogen) atoms. The number of aromatic amines is 1. The van der Waals surface area contributed by atoms with E-state index in [0.717, 1.165) is 18.2 Å². The second-order valence-corrected chi connectivity index (χ2v) is 4.37. The molecule has 0 amide bonds. The molecule has 0 saturated heterocycles. The topological polar surface area (TPSA) is 40.7 Å². The fourth-order valence-electron chi connectivity index (χ4n) is 1.77. The Hall–Kier alpha value is -1.77. The van der Waals surface area contributed by atoms with Gasteiger partial charge in [-0.15, -0.1) is 0 Å². The first-order valence-electron chi connectivity index (χ1n) is 5.74. The third-order valence-corrected chi connectivity index (χ3v) is 2.99. The van der Waals surface area contributed by atoms with E-state index in [4.69, 9.17) is 0 Å². The molecule has 3 nitrogen and oxygen atoms in total. The van der Waals surface area contributed by atoms with Crippen molar-refractivity contribution in [3.63, 3.8) is 0 Å². The third-order valence-electron chi connectivity index (χ3n) is 2.99. The maximum atomic E-state index is 4.02. The van der Waals surface area contributed by atoms with Crippen molar-refractivity contribution >= 4 is 5.69 Å². The molecule has 3 rings (SSSR count). The minimum absolute atomic E-state index is 0.910. The Morgan fingerprint density at radius 3 is 2.69 bits per heavy atom. The first-order valence-corrected chi connectivity index (χ1v) is 5.74. The fourth-order valence-corrected chi connectivity index (χ4v) is 1.77. The quantitative estimate of drug-likeness (QED) is 0.819. The van der Waals surface area contributed by atoms with E-state index in [0.29, 0.717) is 0 Å². The summed E-state index contributed by atoms with van der Waals surface area (Å²) >= 11 is 0. The van der Waals surface area contributed by atoms with E-state index in [-0.39, 0.29) is 0 Å².